The first-order valence-electron chi connectivity index (χ1n) is 8.17. The average molecular weight is 344 g/mol. The number of nitriles is 1. The van der Waals surface area contributed by atoms with Gasteiger partial charge < -0.3 is 0 Å². The van der Waals surface area contributed by atoms with Gasteiger partial charge in [-0.1, -0.05) is 18.9 Å². The minimum atomic E-state index is -0.563. The van der Waals surface area contributed by atoms with Crippen LogP contribution in [0.3, 0.4) is 0 Å². The summed E-state index contributed by atoms with van der Waals surface area (Å²) in [6.07, 6.45) is 6.48. The molecular weight excluding hydrogens is 326 g/mol. The Labute approximate surface area is 144 Å². The van der Waals surface area contributed by atoms with Crippen LogP contribution in [-0.2, 0) is 18.6 Å². The molecule has 24 heavy (non-hydrogen) atoms. The van der Waals surface area contributed by atoms with Crippen LogP contribution in [0.4, 0.5) is 8.78 Å². The molecule has 1 aliphatic rings. The molecule has 1 heterocycles. The van der Waals surface area contributed by atoms with Crippen molar-refractivity contribution < 1.29 is 8.78 Å². The summed E-state index contributed by atoms with van der Waals surface area (Å²) in [5.74, 6) is -1.00. The number of aromatic nitrogens is 1. The molecule has 0 bridgehead atoms. The molecule has 1 aliphatic carbocycles. The fourth-order valence-corrected chi connectivity index (χ4v) is 3.96. The zero-order valence-electron chi connectivity index (χ0n) is 13.3. The van der Waals surface area contributed by atoms with Crippen LogP contribution in [0.15, 0.2) is 29.3 Å². The Balaban J connectivity index is 1.87. The van der Waals surface area contributed by atoms with E-state index in [0.717, 1.165) is 36.9 Å². The quantitative estimate of drug-likeness (QED) is 0.720. The van der Waals surface area contributed by atoms with Gasteiger partial charge in [0.1, 0.15) is 22.7 Å². The molecule has 0 fully saturated rings. The lowest BCUT2D eigenvalue weighted by Crippen LogP contribution is -2.05. The third-order valence-corrected chi connectivity index (χ3v) is 5.32. The average Bonchev–Trinajstić information content (AvgIpc) is 2.55. The van der Waals surface area contributed by atoms with Gasteiger partial charge in [0.15, 0.2) is 0 Å². The largest absolute Gasteiger partial charge is 0.245 e. The molecule has 1 aromatic heterocycles. The number of hydrogen-bond acceptors (Lipinski definition) is 3. The third-order valence-electron chi connectivity index (χ3n) is 4.30. The van der Waals surface area contributed by atoms with Gasteiger partial charge in [0, 0.05) is 17.0 Å². The highest BCUT2D eigenvalue weighted by atomic mass is 32.2. The Morgan fingerprint density at radius 3 is 2.50 bits per heavy atom. The lowest BCUT2D eigenvalue weighted by molar-refractivity contribution is 0.566. The highest BCUT2D eigenvalue weighted by molar-refractivity contribution is 7.98. The van der Waals surface area contributed by atoms with Gasteiger partial charge in [0.2, 0.25) is 0 Å². The van der Waals surface area contributed by atoms with Gasteiger partial charge in [-0.25, -0.2) is 13.8 Å². The fourth-order valence-electron chi connectivity index (χ4n) is 2.97. The Kier molecular flexibility index (Phi) is 5.47. The SMILES string of the molecule is N#Cc1cc2c(nc1SCc1c(F)cccc1F)CCCCCC2. The van der Waals surface area contributed by atoms with E-state index in [1.165, 1.54) is 42.8 Å². The van der Waals surface area contributed by atoms with Crippen molar-refractivity contribution in [3.63, 3.8) is 0 Å². The molecule has 0 unspecified atom stereocenters. The summed E-state index contributed by atoms with van der Waals surface area (Å²) >= 11 is 1.22. The Morgan fingerprint density at radius 1 is 1.08 bits per heavy atom. The van der Waals surface area contributed by atoms with Gasteiger partial charge in [-0.2, -0.15) is 5.26 Å². The number of benzene rings is 1. The summed E-state index contributed by atoms with van der Waals surface area (Å²) in [6, 6.07) is 7.93. The molecule has 0 saturated heterocycles. The number of rotatable bonds is 3. The monoisotopic (exact) mass is 344 g/mol. The Bertz CT molecular complexity index is 763. The van der Waals surface area contributed by atoms with E-state index in [2.05, 4.69) is 11.1 Å². The van der Waals surface area contributed by atoms with Crippen LogP contribution >= 0.6 is 11.8 Å². The Morgan fingerprint density at radius 2 is 1.79 bits per heavy atom. The number of aryl methyl sites for hydroxylation is 2. The molecule has 3 rings (SSSR count). The van der Waals surface area contributed by atoms with Crippen LogP contribution in [-0.4, -0.2) is 4.98 Å². The molecule has 0 spiro atoms. The maximum atomic E-state index is 13.8. The van der Waals surface area contributed by atoms with Crippen molar-refractivity contribution in [3.05, 3.63) is 58.3 Å². The standard InChI is InChI=1S/C19H18F2N2S/c20-16-7-5-8-17(21)15(16)12-24-19-14(11-22)10-13-6-3-1-2-4-9-18(13)23-19/h5,7-8,10H,1-4,6,9,12H2. The number of fused-ring (bicyclic) bond motifs is 1. The summed E-state index contributed by atoms with van der Waals surface area (Å²) in [5, 5.41) is 9.97. The van der Waals surface area contributed by atoms with Crippen LogP contribution in [0.25, 0.3) is 0 Å². The molecule has 0 amide bonds. The van der Waals surface area contributed by atoms with Crippen molar-refractivity contribution in [2.24, 2.45) is 0 Å². The van der Waals surface area contributed by atoms with Crippen LogP contribution in [0, 0.1) is 23.0 Å². The molecule has 0 aliphatic heterocycles. The molecule has 2 nitrogen and oxygen atoms in total. The molecule has 5 heteroatoms. The zero-order chi connectivity index (χ0) is 16.9. The van der Waals surface area contributed by atoms with E-state index in [4.69, 9.17) is 0 Å². The Hall–Kier alpha value is -1.93. The van der Waals surface area contributed by atoms with E-state index in [1.54, 1.807) is 0 Å². The summed E-state index contributed by atoms with van der Waals surface area (Å²) in [4.78, 5) is 4.66. The first-order chi connectivity index (χ1) is 11.7. The van der Waals surface area contributed by atoms with Crippen LogP contribution in [0.5, 0.6) is 0 Å². The maximum Gasteiger partial charge on any atom is 0.130 e. The molecule has 2 aromatic rings. The summed E-state index contributed by atoms with van der Waals surface area (Å²) in [6.45, 7) is 0. The van der Waals surface area contributed by atoms with E-state index in [0.29, 0.717) is 10.6 Å². The second-order valence-electron chi connectivity index (χ2n) is 5.96. The number of halogens is 2. The smallest absolute Gasteiger partial charge is 0.130 e. The minimum absolute atomic E-state index is 0.0277. The summed E-state index contributed by atoms with van der Waals surface area (Å²) < 4.78 is 27.5. The molecule has 1 aromatic carbocycles. The van der Waals surface area contributed by atoms with E-state index < -0.39 is 11.6 Å². The predicted octanol–water partition coefficient (Wildman–Crippen LogP) is 5.18. The normalized spacial score (nSPS) is 14.4. The molecule has 0 atom stereocenters. The van der Waals surface area contributed by atoms with Crippen molar-refractivity contribution in [1.29, 1.82) is 5.26 Å². The number of thioether (sulfide) groups is 1. The van der Waals surface area contributed by atoms with Gasteiger partial charge >= 0.3 is 0 Å². The van der Waals surface area contributed by atoms with E-state index in [-0.39, 0.29) is 11.3 Å². The fraction of sp³-hybridized carbons (Fsp3) is 0.368. The molecular formula is C19H18F2N2S. The first kappa shape index (κ1) is 16.9. The van der Waals surface area contributed by atoms with Crippen LogP contribution in [0.2, 0.25) is 0 Å². The predicted molar refractivity (Wildman–Crippen MR) is 90.7 cm³/mol. The van der Waals surface area contributed by atoms with Crippen LogP contribution < -0.4 is 0 Å². The third kappa shape index (κ3) is 3.76. The van der Waals surface area contributed by atoms with Gasteiger partial charge in [-0.05, 0) is 49.4 Å². The van der Waals surface area contributed by atoms with E-state index in [9.17, 15) is 14.0 Å². The highest BCUT2D eigenvalue weighted by Crippen LogP contribution is 2.30. The number of nitrogens with zero attached hydrogens (tertiary/aromatic N) is 2. The molecule has 124 valence electrons. The molecule has 0 radical (unpaired) electrons. The zero-order valence-corrected chi connectivity index (χ0v) is 14.1. The lowest BCUT2D eigenvalue weighted by atomic mass is 9.96. The summed E-state index contributed by atoms with van der Waals surface area (Å²) in [5.41, 5.74) is 2.70. The topological polar surface area (TPSA) is 36.7 Å². The van der Waals surface area contributed by atoms with E-state index >= 15 is 0 Å². The van der Waals surface area contributed by atoms with Crippen molar-refractivity contribution in [2.45, 2.75) is 49.3 Å². The van der Waals surface area contributed by atoms with Gasteiger partial charge in [-0.15, -0.1) is 11.8 Å². The van der Waals surface area contributed by atoms with Gasteiger partial charge in [0.05, 0.1) is 5.56 Å². The van der Waals surface area contributed by atoms with Crippen LogP contribution in [0.1, 0.15) is 48.1 Å². The van der Waals surface area contributed by atoms with Crippen molar-refractivity contribution >= 4 is 11.8 Å². The second kappa shape index (κ2) is 7.76. The summed E-state index contributed by atoms with van der Waals surface area (Å²) in [7, 11) is 0. The maximum absolute atomic E-state index is 13.8. The second-order valence-corrected chi connectivity index (χ2v) is 6.93. The molecule has 0 saturated carbocycles. The lowest BCUT2D eigenvalue weighted by Gasteiger charge is -2.15. The molecule has 0 N–H and O–H groups in total. The van der Waals surface area contributed by atoms with Gasteiger partial charge in [0.25, 0.3) is 0 Å². The van der Waals surface area contributed by atoms with Crippen molar-refractivity contribution in [2.75, 3.05) is 0 Å². The van der Waals surface area contributed by atoms with E-state index in [1.807, 2.05) is 6.07 Å². The van der Waals surface area contributed by atoms with Gasteiger partial charge in [-0.3, -0.25) is 0 Å². The minimum Gasteiger partial charge on any atom is -0.245 e. The number of hydrogen-bond donors (Lipinski definition) is 0. The van der Waals surface area contributed by atoms with Crippen molar-refractivity contribution in [1.82, 2.24) is 4.98 Å². The number of pyridine rings is 1. The highest BCUT2D eigenvalue weighted by Gasteiger charge is 2.16. The first-order valence-corrected chi connectivity index (χ1v) is 9.16. The van der Waals surface area contributed by atoms with Crippen molar-refractivity contribution in [3.8, 4) is 6.07 Å².